The van der Waals surface area contributed by atoms with Gasteiger partial charge in [-0.2, -0.15) is 0 Å². The van der Waals surface area contributed by atoms with E-state index in [9.17, 15) is 9.59 Å². The molecule has 0 N–H and O–H groups in total. The molecule has 0 radical (unpaired) electrons. The van der Waals surface area contributed by atoms with Gasteiger partial charge in [-0.15, -0.1) is 11.3 Å². The summed E-state index contributed by atoms with van der Waals surface area (Å²) in [5.74, 6) is -0.545. The molecule has 1 aliphatic rings. The first-order chi connectivity index (χ1) is 15.4. The Morgan fingerprint density at radius 1 is 1.25 bits per heavy atom. The normalized spacial score (nSPS) is 16.1. The maximum absolute atomic E-state index is 13.5. The maximum Gasteiger partial charge on any atom is 0.338 e. The van der Waals surface area contributed by atoms with Gasteiger partial charge in [-0.1, -0.05) is 41.1 Å². The van der Waals surface area contributed by atoms with Gasteiger partial charge in [0.1, 0.15) is 12.6 Å². The highest BCUT2D eigenvalue weighted by Crippen LogP contribution is 2.34. The fourth-order valence-corrected chi connectivity index (χ4v) is 5.72. The minimum atomic E-state index is -0.735. The summed E-state index contributed by atoms with van der Waals surface area (Å²) in [6.45, 7) is 4.12. The molecule has 32 heavy (non-hydrogen) atoms. The number of methoxy groups -OCH3 is 1. The van der Waals surface area contributed by atoms with Crippen molar-refractivity contribution in [1.82, 2.24) is 4.57 Å². The lowest BCUT2D eigenvalue weighted by Gasteiger charge is -2.25. The lowest BCUT2D eigenvalue weighted by molar-refractivity contribution is -0.140. The number of benzene rings is 1. The second-order valence-electron chi connectivity index (χ2n) is 7.20. The molecular weight excluding hydrogens is 468 g/mol. The van der Waals surface area contributed by atoms with Crippen LogP contribution in [0.15, 0.2) is 56.8 Å². The van der Waals surface area contributed by atoms with Gasteiger partial charge < -0.3 is 9.47 Å². The molecule has 0 fully saturated rings. The van der Waals surface area contributed by atoms with Crippen molar-refractivity contribution in [3.63, 3.8) is 0 Å². The summed E-state index contributed by atoms with van der Waals surface area (Å²) in [7, 11) is 1.53. The number of esters is 1. The van der Waals surface area contributed by atoms with Crippen LogP contribution in [0.2, 0.25) is 5.02 Å². The van der Waals surface area contributed by atoms with Crippen molar-refractivity contribution in [1.29, 1.82) is 0 Å². The Hall–Kier alpha value is -2.52. The van der Waals surface area contributed by atoms with Crippen LogP contribution >= 0.6 is 34.3 Å². The molecule has 6 nitrogen and oxygen atoms in total. The number of carbonyl (C=O) groups is 1. The Bertz CT molecular complexity index is 1380. The predicted octanol–water partition coefficient (Wildman–Crippen LogP) is 3.45. The third-order valence-corrected chi connectivity index (χ3v) is 7.42. The molecule has 0 amide bonds. The van der Waals surface area contributed by atoms with E-state index in [1.165, 1.54) is 18.4 Å². The fourth-order valence-electron chi connectivity index (χ4n) is 3.52. The van der Waals surface area contributed by atoms with Crippen molar-refractivity contribution in [3.05, 3.63) is 87.7 Å². The van der Waals surface area contributed by atoms with Gasteiger partial charge in [0.2, 0.25) is 0 Å². The number of carbonyl (C=O) groups excluding carboxylic acids is 1. The second kappa shape index (κ2) is 9.54. The van der Waals surface area contributed by atoms with E-state index in [1.54, 1.807) is 28.9 Å². The van der Waals surface area contributed by atoms with Crippen molar-refractivity contribution in [2.45, 2.75) is 19.9 Å². The topological polar surface area (TPSA) is 69.9 Å². The van der Waals surface area contributed by atoms with Crippen LogP contribution in [0.1, 0.15) is 29.0 Å². The predicted molar refractivity (Wildman–Crippen MR) is 127 cm³/mol. The number of halogens is 1. The molecule has 3 aromatic rings. The number of thiophene rings is 1. The molecule has 0 saturated carbocycles. The summed E-state index contributed by atoms with van der Waals surface area (Å²) in [6, 6.07) is 8.47. The zero-order valence-electron chi connectivity index (χ0n) is 17.8. The minimum absolute atomic E-state index is 0.101. The lowest BCUT2D eigenvalue weighted by atomic mass is 9.96. The molecule has 3 heterocycles. The van der Waals surface area contributed by atoms with Crippen LogP contribution in [-0.2, 0) is 14.3 Å². The molecule has 9 heteroatoms. The molecule has 1 aromatic carbocycles. The molecule has 2 aromatic heterocycles. The largest absolute Gasteiger partial charge is 0.460 e. The van der Waals surface area contributed by atoms with E-state index in [-0.39, 0.29) is 18.8 Å². The number of fused-ring (bicyclic) bond motifs is 1. The lowest BCUT2D eigenvalue weighted by Crippen LogP contribution is -2.40. The first kappa shape index (κ1) is 22.7. The summed E-state index contributed by atoms with van der Waals surface area (Å²) in [4.78, 5) is 32.7. The van der Waals surface area contributed by atoms with Crippen molar-refractivity contribution in [2.24, 2.45) is 4.99 Å². The number of rotatable bonds is 6. The molecule has 166 valence electrons. The van der Waals surface area contributed by atoms with E-state index in [4.69, 9.17) is 21.1 Å². The van der Waals surface area contributed by atoms with Gasteiger partial charge in [-0.3, -0.25) is 9.36 Å². The van der Waals surface area contributed by atoms with E-state index < -0.39 is 12.0 Å². The Kier molecular flexibility index (Phi) is 6.76. The maximum atomic E-state index is 13.5. The fraction of sp³-hybridized carbons (Fsp3) is 0.261. The highest BCUT2D eigenvalue weighted by Gasteiger charge is 2.34. The Morgan fingerprint density at radius 3 is 2.72 bits per heavy atom. The minimum Gasteiger partial charge on any atom is -0.460 e. The van der Waals surface area contributed by atoms with Crippen molar-refractivity contribution in [3.8, 4) is 0 Å². The Balaban J connectivity index is 1.92. The molecule has 0 saturated heterocycles. The molecule has 0 spiro atoms. The Labute approximate surface area is 197 Å². The third kappa shape index (κ3) is 4.23. The van der Waals surface area contributed by atoms with Gasteiger partial charge in [-0.05, 0) is 48.6 Å². The molecule has 0 unspecified atom stereocenters. The van der Waals surface area contributed by atoms with Crippen LogP contribution in [0.5, 0.6) is 0 Å². The molecule has 1 aliphatic heterocycles. The van der Waals surface area contributed by atoms with Crippen LogP contribution in [0.25, 0.3) is 6.08 Å². The number of hydrogen-bond donors (Lipinski definition) is 0. The number of aromatic nitrogens is 1. The number of thiazole rings is 1. The van der Waals surface area contributed by atoms with E-state index in [2.05, 4.69) is 4.99 Å². The average Bonchev–Trinajstić information content (AvgIpc) is 3.30. The Morgan fingerprint density at radius 2 is 2.03 bits per heavy atom. The van der Waals surface area contributed by atoms with E-state index in [1.807, 2.05) is 42.6 Å². The van der Waals surface area contributed by atoms with Crippen molar-refractivity contribution >= 4 is 46.3 Å². The van der Waals surface area contributed by atoms with Crippen molar-refractivity contribution in [2.75, 3.05) is 20.3 Å². The highest BCUT2D eigenvalue weighted by atomic mass is 35.5. The van der Waals surface area contributed by atoms with E-state index in [0.29, 0.717) is 31.2 Å². The monoisotopic (exact) mass is 488 g/mol. The first-order valence-corrected chi connectivity index (χ1v) is 12.0. The molecule has 0 aliphatic carbocycles. The van der Waals surface area contributed by atoms with Crippen molar-refractivity contribution < 1.29 is 14.3 Å². The standard InChI is InChI=1S/C23H21ClN2O4S2/c1-13-8-11-31-17(13)12-18-21(27)26-20(15-6-4-5-7-16(15)24)19(14(2)25-23(26)32-18)22(28)30-10-9-29-3/h4-8,11-12,20H,9-10H2,1-3H3/b18-12-/t20-/m1/s1. The zero-order chi connectivity index (χ0) is 22.8. The number of ether oxygens (including phenoxy) is 2. The second-order valence-corrected chi connectivity index (χ2v) is 9.56. The SMILES string of the molecule is COCCOC(=O)C1=C(C)N=c2s/c(=C\c3sccc3C)c(=O)n2[C@@H]1c1ccccc1Cl. The van der Waals surface area contributed by atoms with Gasteiger partial charge in [0.05, 0.1) is 22.4 Å². The molecule has 0 bridgehead atoms. The number of hydrogen-bond acceptors (Lipinski definition) is 7. The van der Waals surface area contributed by atoms with Crippen LogP contribution in [0.4, 0.5) is 0 Å². The van der Waals surface area contributed by atoms with Gasteiger partial charge in [0.25, 0.3) is 5.56 Å². The van der Waals surface area contributed by atoms with Gasteiger partial charge in [0.15, 0.2) is 4.80 Å². The molecule has 4 rings (SSSR count). The summed E-state index contributed by atoms with van der Waals surface area (Å²) in [6.07, 6.45) is 1.88. The van der Waals surface area contributed by atoms with Gasteiger partial charge in [0, 0.05) is 17.0 Å². The van der Waals surface area contributed by atoms with Crippen LogP contribution in [-0.4, -0.2) is 30.9 Å². The average molecular weight is 489 g/mol. The summed E-state index contributed by atoms with van der Waals surface area (Å²) >= 11 is 9.39. The summed E-state index contributed by atoms with van der Waals surface area (Å²) < 4.78 is 12.5. The van der Waals surface area contributed by atoms with Gasteiger partial charge >= 0.3 is 5.97 Å². The zero-order valence-corrected chi connectivity index (χ0v) is 20.1. The number of nitrogens with zero attached hydrogens (tertiary/aromatic N) is 2. The van der Waals surface area contributed by atoms with Gasteiger partial charge in [-0.25, -0.2) is 9.79 Å². The molecule has 1 atom stereocenters. The highest BCUT2D eigenvalue weighted by molar-refractivity contribution is 7.11. The quantitative estimate of drug-likeness (QED) is 0.393. The third-order valence-electron chi connectivity index (χ3n) is 5.13. The first-order valence-electron chi connectivity index (χ1n) is 9.89. The van der Waals surface area contributed by atoms with E-state index in [0.717, 1.165) is 10.4 Å². The number of allylic oxidation sites excluding steroid dienone is 1. The van der Waals surface area contributed by atoms with Crippen LogP contribution < -0.4 is 14.9 Å². The summed E-state index contributed by atoms with van der Waals surface area (Å²) in [5, 5.41) is 2.45. The van der Waals surface area contributed by atoms with E-state index >= 15 is 0 Å². The number of aryl methyl sites for hydroxylation is 1. The molecular formula is C23H21ClN2O4S2. The van der Waals surface area contributed by atoms with Crippen LogP contribution in [0, 0.1) is 6.92 Å². The van der Waals surface area contributed by atoms with Crippen LogP contribution in [0.3, 0.4) is 0 Å². The smallest absolute Gasteiger partial charge is 0.338 e. The summed E-state index contributed by atoms with van der Waals surface area (Å²) in [5.41, 5.74) is 2.31.